The number of aliphatic hydroxyl groups excluding tert-OH is 1. The number of hydrogen-bond acceptors (Lipinski definition) is 5. The van der Waals surface area contributed by atoms with Gasteiger partial charge in [0, 0.05) is 18.0 Å². The summed E-state index contributed by atoms with van der Waals surface area (Å²) in [4.78, 5) is 4.38. The second-order valence-electron chi connectivity index (χ2n) is 5.16. The highest BCUT2D eigenvalue weighted by Crippen LogP contribution is 2.32. The number of nitrogen functional groups attached to an aromatic ring is 1. The SMILES string of the molecule is Nc1ccc2cc(S(=O)(=O)N(CCO)C3CC3)ccc2n1. The fourth-order valence-electron chi connectivity index (χ4n) is 2.38. The molecule has 0 radical (unpaired) electrons. The van der Waals surface area contributed by atoms with E-state index in [2.05, 4.69) is 4.98 Å². The summed E-state index contributed by atoms with van der Waals surface area (Å²) in [5, 5.41) is 9.82. The Bertz CT molecular complexity index is 772. The molecule has 7 heteroatoms. The summed E-state index contributed by atoms with van der Waals surface area (Å²) in [5.74, 6) is 0.401. The molecule has 21 heavy (non-hydrogen) atoms. The topological polar surface area (TPSA) is 96.5 Å². The molecule has 0 bridgehead atoms. The number of sulfonamides is 1. The van der Waals surface area contributed by atoms with Gasteiger partial charge in [0.25, 0.3) is 0 Å². The van der Waals surface area contributed by atoms with Gasteiger partial charge in [-0.3, -0.25) is 0 Å². The van der Waals surface area contributed by atoms with Crippen LogP contribution in [-0.4, -0.2) is 42.0 Å². The Balaban J connectivity index is 2.03. The van der Waals surface area contributed by atoms with Gasteiger partial charge in [-0.1, -0.05) is 0 Å². The second kappa shape index (κ2) is 5.25. The molecule has 0 atom stereocenters. The van der Waals surface area contributed by atoms with Gasteiger partial charge < -0.3 is 10.8 Å². The van der Waals surface area contributed by atoms with Gasteiger partial charge in [0.05, 0.1) is 17.0 Å². The molecule has 0 aliphatic heterocycles. The number of fused-ring (bicyclic) bond motifs is 1. The predicted octanol–water partition coefficient (Wildman–Crippen LogP) is 0.962. The van der Waals surface area contributed by atoms with Crippen LogP contribution in [0.25, 0.3) is 10.9 Å². The molecule has 0 saturated heterocycles. The summed E-state index contributed by atoms with van der Waals surface area (Å²) in [6, 6.07) is 8.21. The van der Waals surface area contributed by atoms with Crippen molar-refractivity contribution in [2.24, 2.45) is 0 Å². The first-order valence-corrected chi connectivity index (χ1v) is 8.25. The van der Waals surface area contributed by atoms with E-state index in [1.54, 1.807) is 24.3 Å². The van der Waals surface area contributed by atoms with E-state index in [0.29, 0.717) is 11.3 Å². The quantitative estimate of drug-likeness (QED) is 0.857. The van der Waals surface area contributed by atoms with Crippen LogP contribution in [0.2, 0.25) is 0 Å². The lowest BCUT2D eigenvalue weighted by Crippen LogP contribution is -2.35. The summed E-state index contributed by atoms with van der Waals surface area (Å²) in [6.07, 6.45) is 1.70. The van der Waals surface area contributed by atoms with Crippen LogP contribution >= 0.6 is 0 Å². The molecule has 1 saturated carbocycles. The minimum atomic E-state index is -3.59. The highest BCUT2D eigenvalue weighted by Gasteiger charge is 2.37. The summed E-state index contributed by atoms with van der Waals surface area (Å²) in [6.45, 7) is -0.0492. The summed E-state index contributed by atoms with van der Waals surface area (Å²) in [7, 11) is -3.59. The largest absolute Gasteiger partial charge is 0.395 e. The zero-order valence-electron chi connectivity index (χ0n) is 11.4. The van der Waals surface area contributed by atoms with Crippen molar-refractivity contribution in [2.75, 3.05) is 18.9 Å². The molecule has 1 aliphatic carbocycles. The summed E-state index contributed by atoms with van der Waals surface area (Å²) in [5.41, 5.74) is 6.28. The second-order valence-corrected chi connectivity index (χ2v) is 7.05. The molecular formula is C14H17N3O3S. The minimum Gasteiger partial charge on any atom is -0.395 e. The van der Waals surface area contributed by atoms with Crippen molar-refractivity contribution in [3.8, 4) is 0 Å². The van der Waals surface area contributed by atoms with Gasteiger partial charge in [0.1, 0.15) is 5.82 Å². The number of rotatable bonds is 5. The Morgan fingerprint density at radius 1 is 1.29 bits per heavy atom. The number of hydrogen-bond donors (Lipinski definition) is 2. The lowest BCUT2D eigenvalue weighted by molar-refractivity contribution is 0.250. The molecule has 112 valence electrons. The molecular weight excluding hydrogens is 290 g/mol. The number of nitrogens with two attached hydrogens (primary N) is 1. The van der Waals surface area contributed by atoms with E-state index in [1.165, 1.54) is 10.4 Å². The van der Waals surface area contributed by atoms with Crippen LogP contribution in [0, 0.1) is 0 Å². The van der Waals surface area contributed by atoms with Gasteiger partial charge in [-0.25, -0.2) is 13.4 Å². The molecule has 1 aromatic carbocycles. The number of pyridine rings is 1. The normalized spacial score (nSPS) is 15.7. The van der Waals surface area contributed by atoms with E-state index in [0.717, 1.165) is 18.2 Å². The van der Waals surface area contributed by atoms with E-state index in [9.17, 15) is 8.42 Å². The summed E-state index contributed by atoms with van der Waals surface area (Å²) < 4.78 is 26.8. The molecule has 1 heterocycles. The Morgan fingerprint density at radius 2 is 2.05 bits per heavy atom. The Morgan fingerprint density at radius 3 is 2.71 bits per heavy atom. The zero-order valence-corrected chi connectivity index (χ0v) is 12.3. The Labute approximate surface area is 123 Å². The number of nitrogens with zero attached hydrogens (tertiary/aromatic N) is 2. The fourth-order valence-corrected chi connectivity index (χ4v) is 4.09. The van der Waals surface area contributed by atoms with E-state index in [-0.39, 0.29) is 24.1 Å². The van der Waals surface area contributed by atoms with Crippen LogP contribution in [0.1, 0.15) is 12.8 Å². The van der Waals surface area contributed by atoms with Gasteiger partial charge in [0.2, 0.25) is 10.0 Å². The zero-order chi connectivity index (χ0) is 15.0. The van der Waals surface area contributed by atoms with Crippen LogP contribution in [0.15, 0.2) is 35.2 Å². The average Bonchev–Trinajstić information content (AvgIpc) is 3.28. The maximum atomic E-state index is 12.7. The van der Waals surface area contributed by atoms with Crippen molar-refractivity contribution < 1.29 is 13.5 Å². The molecule has 6 nitrogen and oxygen atoms in total. The first kappa shape index (κ1) is 14.2. The first-order chi connectivity index (χ1) is 10.0. The molecule has 1 aliphatic rings. The van der Waals surface area contributed by atoms with Crippen LogP contribution < -0.4 is 5.73 Å². The van der Waals surface area contributed by atoms with Gasteiger partial charge in [-0.15, -0.1) is 0 Å². The third kappa shape index (κ3) is 2.72. The van der Waals surface area contributed by atoms with Crippen molar-refractivity contribution in [3.63, 3.8) is 0 Å². The van der Waals surface area contributed by atoms with E-state index in [4.69, 9.17) is 10.8 Å². The van der Waals surface area contributed by atoms with Crippen molar-refractivity contribution in [1.82, 2.24) is 9.29 Å². The molecule has 0 unspecified atom stereocenters. The minimum absolute atomic E-state index is 0.0161. The fraction of sp³-hybridized carbons (Fsp3) is 0.357. The highest BCUT2D eigenvalue weighted by molar-refractivity contribution is 7.89. The molecule has 0 amide bonds. The van der Waals surface area contributed by atoms with Crippen molar-refractivity contribution in [1.29, 1.82) is 0 Å². The molecule has 2 aromatic rings. The van der Waals surface area contributed by atoms with Gasteiger partial charge in [-0.05, 0) is 43.2 Å². The van der Waals surface area contributed by atoms with Gasteiger partial charge >= 0.3 is 0 Å². The lowest BCUT2D eigenvalue weighted by Gasteiger charge is -2.21. The predicted molar refractivity (Wildman–Crippen MR) is 80.2 cm³/mol. The summed E-state index contributed by atoms with van der Waals surface area (Å²) >= 11 is 0. The third-order valence-electron chi connectivity index (χ3n) is 3.56. The smallest absolute Gasteiger partial charge is 0.243 e. The third-order valence-corrected chi connectivity index (χ3v) is 5.51. The van der Waals surface area contributed by atoms with Gasteiger partial charge in [0.15, 0.2) is 0 Å². The van der Waals surface area contributed by atoms with E-state index >= 15 is 0 Å². The molecule has 3 rings (SSSR count). The highest BCUT2D eigenvalue weighted by atomic mass is 32.2. The number of aliphatic hydroxyl groups is 1. The van der Waals surface area contributed by atoms with E-state index < -0.39 is 10.0 Å². The lowest BCUT2D eigenvalue weighted by atomic mass is 10.2. The molecule has 0 spiro atoms. The first-order valence-electron chi connectivity index (χ1n) is 6.81. The Kier molecular flexibility index (Phi) is 3.56. The number of aromatic nitrogens is 1. The van der Waals surface area contributed by atoms with Gasteiger partial charge in [-0.2, -0.15) is 4.31 Å². The maximum Gasteiger partial charge on any atom is 0.243 e. The molecule has 1 aromatic heterocycles. The van der Waals surface area contributed by atoms with E-state index in [1.807, 2.05) is 0 Å². The van der Waals surface area contributed by atoms with Crippen LogP contribution in [0.3, 0.4) is 0 Å². The Hall–Kier alpha value is -1.70. The number of anilines is 1. The standard InChI is InChI=1S/C14H17N3O3S/c15-14-6-1-10-9-12(4-5-13(10)16-14)21(19,20)17(7-8-18)11-2-3-11/h1,4-6,9,11,18H,2-3,7-8H2,(H2,15,16). The van der Waals surface area contributed by atoms with Crippen LogP contribution in [0.4, 0.5) is 5.82 Å². The monoisotopic (exact) mass is 307 g/mol. The van der Waals surface area contributed by atoms with Crippen LogP contribution in [-0.2, 0) is 10.0 Å². The average molecular weight is 307 g/mol. The molecule has 1 fully saturated rings. The number of benzene rings is 1. The van der Waals surface area contributed by atoms with Crippen molar-refractivity contribution in [2.45, 2.75) is 23.8 Å². The van der Waals surface area contributed by atoms with Crippen LogP contribution in [0.5, 0.6) is 0 Å². The van der Waals surface area contributed by atoms with Crippen molar-refractivity contribution in [3.05, 3.63) is 30.3 Å². The maximum absolute atomic E-state index is 12.7. The molecule has 3 N–H and O–H groups in total. The van der Waals surface area contributed by atoms with Crippen molar-refractivity contribution >= 4 is 26.7 Å².